The summed E-state index contributed by atoms with van der Waals surface area (Å²) in [5.74, 6) is -1.01. The van der Waals surface area contributed by atoms with Gasteiger partial charge >= 0.3 is 12.0 Å². The molecule has 20 heavy (non-hydrogen) atoms. The van der Waals surface area contributed by atoms with Crippen molar-refractivity contribution >= 4 is 17.7 Å². The van der Waals surface area contributed by atoms with Crippen LogP contribution in [0, 0.1) is 6.92 Å². The lowest BCUT2D eigenvalue weighted by atomic mass is 10.1. The molecule has 0 heterocycles. The molecule has 0 aliphatic rings. The van der Waals surface area contributed by atoms with Crippen LogP contribution in [0.1, 0.15) is 22.3 Å². The van der Waals surface area contributed by atoms with Crippen LogP contribution >= 0.6 is 0 Å². The number of carboxylic acids is 1. The highest BCUT2D eigenvalue weighted by atomic mass is 16.5. The number of nitrogens with zero attached hydrogens (tertiary/aromatic N) is 1. The summed E-state index contributed by atoms with van der Waals surface area (Å²) < 4.78 is 4.93. The van der Waals surface area contributed by atoms with E-state index in [9.17, 15) is 9.59 Å². The molecular formula is C14H20N2O4. The predicted octanol–water partition coefficient (Wildman–Crippen LogP) is 2.19. The number of hydrogen-bond donors (Lipinski definition) is 2. The zero-order valence-electron chi connectivity index (χ0n) is 12.0. The normalized spacial score (nSPS) is 10.2. The fourth-order valence-corrected chi connectivity index (χ4v) is 1.76. The number of carboxylic acid groups (broad SMARTS) is 1. The van der Waals surface area contributed by atoms with Gasteiger partial charge in [0.05, 0.1) is 5.56 Å². The van der Waals surface area contributed by atoms with Crippen molar-refractivity contribution in [3.8, 4) is 0 Å². The summed E-state index contributed by atoms with van der Waals surface area (Å²) in [5, 5.41) is 11.8. The number of hydrogen-bond acceptors (Lipinski definition) is 3. The summed E-state index contributed by atoms with van der Waals surface area (Å²) in [6.07, 6.45) is 0.745. The molecule has 0 aromatic heterocycles. The van der Waals surface area contributed by atoms with Crippen LogP contribution in [0.15, 0.2) is 18.2 Å². The zero-order chi connectivity index (χ0) is 15.1. The average molecular weight is 280 g/mol. The van der Waals surface area contributed by atoms with Gasteiger partial charge in [-0.05, 0) is 31.0 Å². The van der Waals surface area contributed by atoms with Gasteiger partial charge in [0.1, 0.15) is 0 Å². The van der Waals surface area contributed by atoms with E-state index >= 15 is 0 Å². The molecular weight excluding hydrogens is 260 g/mol. The first-order valence-electron chi connectivity index (χ1n) is 6.31. The summed E-state index contributed by atoms with van der Waals surface area (Å²) in [6, 6.07) is 4.53. The molecule has 2 N–H and O–H groups in total. The van der Waals surface area contributed by atoms with Gasteiger partial charge in [-0.3, -0.25) is 0 Å². The third-order valence-electron chi connectivity index (χ3n) is 2.99. The number of methoxy groups -OCH3 is 1. The van der Waals surface area contributed by atoms with Gasteiger partial charge in [-0.25, -0.2) is 9.59 Å². The van der Waals surface area contributed by atoms with Crippen molar-refractivity contribution in [1.82, 2.24) is 4.90 Å². The van der Waals surface area contributed by atoms with Crippen molar-refractivity contribution in [2.24, 2.45) is 0 Å². The predicted molar refractivity (Wildman–Crippen MR) is 76.3 cm³/mol. The van der Waals surface area contributed by atoms with Gasteiger partial charge in [0.2, 0.25) is 0 Å². The molecule has 0 aliphatic carbocycles. The molecule has 0 spiro atoms. The Labute approximate surface area is 118 Å². The van der Waals surface area contributed by atoms with Crippen LogP contribution in [-0.4, -0.2) is 49.3 Å². The number of nitrogens with one attached hydrogen (secondary N) is 1. The average Bonchev–Trinajstić information content (AvgIpc) is 2.40. The van der Waals surface area contributed by atoms with E-state index in [0.29, 0.717) is 24.4 Å². The van der Waals surface area contributed by atoms with Crippen LogP contribution in [0.5, 0.6) is 0 Å². The molecule has 1 aromatic carbocycles. The van der Waals surface area contributed by atoms with Crippen molar-refractivity contribution in [3.63, 3.8) is 0 Å². The lowest BCUT2D eigenvalue weighted by Gasteiger charge is -2.19. The number of carbonyl (C=O) groups is 2. The molecule has 6 nitrogen and oxygen atoms in total. The third kappa shape index (κ3) is 4.24. The van der Waals surface area contributed by atoms with Crippen molar-refractivity contribution in [2.75, 3.05) is 32.6 Å². The fourth-order valence-electron chi connectivity index (χ4n) is 1.76. The number of carbonyl (C=O) groups excluding carboxylic acids is 1. The number of urea groups is 1. The highest BCUT2D eigenvalue weighted by Gasteiger charge is 2.13. The molecule has 0 saturated heterocycles. The summed E-state index contributed by atoms with van der Waals surface area (Å²) in [5.41, 5.74) is 1.23. The Hall–Kier alpha value is -2.08. The lowest BCUT2D eigenvalue weighted by Crippen LogP contribution is -2.32. The Bertz CT molecular complexity index is 488. The van der Waals surface area contributed by atoms with Crippen molar-refractivity contribution in [1.29, 1.82) is 0 Å². The van der Waals surface area contributed by atoms with Gasteiger partial charge in [0.25, 0.3) is 0 Å². The Morgan fingerprint density at radius 1 is 1.40 bits per heavy atom. The van der Waals surface area contributed by atoms with Crippen LogP contribution in [-0.2, 0) is 4.74 Å². The van der Waals surface area contributed by atoms with E-state index in [-0.39, 0.29) is 11.6 Å². The molecule has 0 unspecified atom stereocenters. The van der Waals surface area contributed by atoms with Crippen molar-refractivity contribution < 1.29 is 19.4 Å². The molecule has 6 heteroatoms. The van der Waals surface area contributed by atoms with Crippen LogP contribution < -0.4 is 5.32 Å². The minimum atomic E-state index is -1.01. The smallest absolute Gasteiger partial charge is 0.336 e. The second-order valence-corrected chi connectivity index (χ2v) is 4.48. The first-order chi connectivity index (χ1) is 9.47. The van der Waals surface area contributed by atoms with E-state index in [2.05, 4.69) is 5.32 Å². The van der Waals surface area contributed by atoms with Gasteiger partial charge in [-0.1, -0.05) is 6.07 Å². The van der Waals surface area contributed by atoms with E-state index in [0.717, 1.165) is 6.42 Å². The number of aromatic carboxylic acids is 1. The number of anilines is 1. The van der Waals surface area contributed by atoms with Crippen molar-refractivity contribution in [2.45, 2.75) is 13.3 Å². The van der Waals surface area contributed by atoms with E-state index in [1.165, 1.54) is 11.0 Å². The Morgan fingerprint density at radius 3 is 2.70 bits per heavy atom. The summed E-state index contributed by atoms with van der Waals surface area (Å²) in [6.45, 7) is 2.83. The maximum atomic E-state index is 12.0. The molecule has 0 atom stereocenters. The number of amides is 2. The molecule has 0 saturated carbocycles. The minimum absolute atomic E-state index is 0.185. The third-order valence-corrected chi connectivity index (χ3v) is 2.99. The second kappa shape index (κ2) is 7.49. The molecule has 0 bridgehead atoms. The van der Waals surface area contributed by atoms with Gasteiger partial charge in [0.15, 0.2) is 0 Å². The quantitative estimate of drug-likeness (QED) is 0.783. The van der Waals surface area contributed by atoms with Gasteiger partial charge in [-0.15, -0.1) is 0 Å². The summed E-state index contributed by atoms with van der Waals surface area (Å²) in [4.78, 5) is 24.5. The van der Waals surface area contributed by atoms with E-state index < -0.39 is 5.97 Å². The molecule has 1 rings (SSSR count). The maximum Gasteiger partial charge on any atom is 0.336 e. The second-order valence-electron chi connectivity index (χ2n) is 4.48. The largest absolute Gasteiger partial charge is 0.478 e. The standard InChI is InChI=1S/C14H20N2O4/c1-10-11(13(17)18)6-4-7-12(10)15-14(19)16(2)8-5-9-20-3/h4,6-7H,5,8-9H2,1-3H3,(H,15,19)(H,17,18). The molecule has 0 aliphatic heterocycles. The minimum Gasteiger partial charge on any atom is -0.478 e. The van der Waals surface area contributed by atoms with Crippen LogP contribution in [0.4, 0.5) is 10.5 Å². The number of rotatable bonds is 6. The molecule has 2 amide bonds. The van der Waals surface area contributed by atoms with Gasteiger partial charge in [0, 0.05) is 33.0 Å². The number of ether oxygens (including phenoxy) is 1. The Balaban J connectivity index is 2.71. The molecule has 0 fully saturated rings. The molecule has 1 aromatic rings. The van der Waals surface area contributed by atoms with E-state index in [1.54, 1.807) is 33.2 Å². The fraction of sp³-hybridized carbons (Fsp3) is 0.429. The van der Waals surface area contributed by atoms with E-state index in [1.807, 2.05) is 0 Å². The highest BCUT2D eigenvalue weighted by molar-refractivity contribution is 5.95. The van der Waals surface area contributed by atoms with Crippen LogP contribution in [0.2, 0.25) is 0 Å². The summed E-state index contributed by atoms with van der Waals surface area (Å²) >= 11 is 0. The van der Waals surface area contributed by atoms with Crippen molar-refractivity contribution in [3.05, 3.63) is 29.3 Å². The number of benzene rings is 1. The first-order valence-corrected chi connectivity index (χ1v) is 6.31. The Kier molecular flexibility index (Phi) is 5.99. The maximum absolute atomic E-state index is 12.0. The zero-order valence-corrected chi connectivity index (χ0v) is 12.0. The summed E-state index contributed by atoms with van der Waals surface area (Å²) in [7, 11) is 3.29. The SMILES string of the molecule is COCCCN(C)C(=O)Nc1cccc(C(=O)O)c1C. The monoisotopic (exact) mass is 280 g/mol. The van der Waals surface area contributed by atoms with E-state index in [4.69, 9.17) is 9.84 Å². The van der Waals surface area contributed by atoms with Crippen LogP contribution in [0.25, 0.3) is 0 Å². The molecule has 110 valence electrons. The van der Waals surface area contributed by atoms with Gasteiger partial charge < -0.3 is 20.1 Å². The van der Waals surface area contributed by atoms with Crippen LogP contribution in [0.3, 0.4) is 0 Å². The topological polar surface area (TPSA) is 78.9 Å². The molecule has 0 radical (unpaired) electrons. The van der Waals surface area contributed by atoms with Gasteiger partial charge in [-0.2, -0.15) is 0 Å². The lowest BCUT2D eigenvalue weighted by molar-refractivity contribution is 0.0696. The first kappa shape index (κ1) is 16.0. The Morgan fingerprint density at radius 2 is 2.10 bits per heavy atom. The highest BCUT2D eigenvalue weighted by Crippen LogP contribution is 2.19.